The average molecular weight is 325 g/mol. The number of benzene rings is 1. The maximum absolute atomic E-state index is 10.7. The first-order valence-corrected chi connectivity index (χ1v) is 7.34. The van der Waals surface area contributed by atoms with E-state index in [0.29, 0.717) is 28.7 Å². The Kier molecular flexibility index (Phi) is 5.25. The third-order valence-corrected chi connectivity index (χ3v) is 3.59. The molecule has 1 heterocycles. The second-order valence-corrected chi connectivity index (χ2v) is 5.33. The summed E-state index contributed by atoms with van der Waals surface area (Å²) < 4.78 is 11.0. The number of carboxylic acids is 1. The Morgan fingerprint density at radius 3 is 2.90 bits per heavy atom. The summed E-state index contributed by atoms with van der Waals surface area (Å²) in [5.74, 6) is -0.119. The van der Waals surface area contributed by atoms with Gasteiger partial charge >= 0.3 is 5.97 Å². The number of methoxy groups -OCH3 is 1. The zero-order valence-corrected chi connectivity index (χ0v) is 12.8. The van der Waals surface area contributed by atoms with E-state index in [-0.39, 0.29) is 0 Å². The lowest BCUT2D eigenvalue weighted by atomic mass is 10.1. The van der Waals surface area contributed by atoms with Gasteiger partial charge in [-0.05, 0) is 34.5 Å². The van der Waals surface area contributed by atoms with Crippen molar-refractivity contribution in [3.05, 3.63) is 51.2 Å². The maximum Gasteiger partial charge on any atom is 0.328 e. The van der Waals surface area contributed by atoms with Crippen LogP contribution in [-0.2, 0) is 11.4 Å². The number of rotatable bonds is 6. The lowest BCUT2D eigenvalue weighted by Gasteiger charge is -2.13. The molecule has 2 aromatic rings. The van der Waals surface area contributed by atoms with Crippen molar-refractivity contribution in [1.29, 1.82) is 0 Å². The van der Waals surface area contributed by atoms with Crippen molar-refractivity contribution >= 4 is 35.0 Å². The van der Waals surface area contributed by atoms with Gasteiger partial charge < -0.3 is 14.6 Å². The molecule has 0 bridgehead atoms. The number of thiophene rings is 1. The molecule has 1 aromatic carbocycles. The first kappa shape index (κ1) is 15.4. The van der Waals surface area contributed by atoms with Crippen molar-refractivity contribution in [2.24, 2.45) is 0 Å². The fourth-order valence-corrected chi connectivity index (χ4v) is 2.58. The van der Waals surface area contributed by atoms with Crippen molar-refractivity contribution in [2.75, 3.05) is 7.11 Å². The number of hydrogen-bond donors (Lipinski definition) is 1. The van der Waals surface area contributed by atoms with Gasteiger partial charge in [-0.15, -0.1) is 0 Å². The molecule has 21 heavy (non-hydrogen) atoms. The summed E-state index contributed by atoms with van der Waals surface area (Å²) >= 11 is 7.58. The molecule has 0 aliphatic heterocycles. The Hall–Kier alpha value is -1.98. The van der Waals surface area contributed by atoms with Crippen LogP contribution in [0.1, 0.15) is 11.1 Å². The van der Waals surface area contributed by atoms with E-state index in [4.69, 9.17) is 26.2 Å². The van der Waals surface area contributed by atoms with Crippen LogP contribution in [0.5, 0.6) is 11.5 Å². The second kappa shape index (κ2) is 7.15. The summed E-state index contributed by atoms with van der Waals surface area (Å²) in [4.78, 5) is 10.7. The first-order valence-electron chi connectivity index (χ1n) is 6.02. The normalized spacial score (nSPS) is 10.8. The molecule has 0 fully saturated rings. The fourth-order valence-electron chi connectivity index (χ4n) is 1.71. The average Bonchev–Trinajstić information content (AvgIpc) is 2.96. The molecular formula is C15H13ClO4S. The summed E-state index contributed by atoms with van der Waals surface area (Å²) in [6.07, 6.45) is 2.46. The van der Waals surface area contributed by atoms with Crippen LogP contribution in [0.15, 0.2) is 35.0 Å². The van der Waals surface area contributed by atoms with Gasteiger partial charge in [0.2, 0.25) is 0 Å². The van der Waals surface area contributed by atoms with E-state index >= 15 is 0 Å². The van der Waals surface area contributed by atoms with E-state index in [2.05, 4.69) is 0 Å². The molecule has 0 radical (unpaired) electrons. The van der Waals surface area contributed by atoms with Gasteiger partial charge in [0.25, 0.3) is 0 Å². The highest BCUT2D eigenvalue weighted by Gasteiger charge is 2.12. The van der Waals surface area contributed by atoms with E-state index in [1.807, 2.05) is 16.8 Å². The van der Waals surface area contributed by atoms with Gasteiger partial charge in [0.05, 0.1) is 7.11 Å². The van der Waals surface area contributed by atoms with Gasteiger partial charge in [-0.1, -0.05) is 11.6 Å². The molecular weight excluding hydrogens is 312 g/mol. The summed E-state index contributed by atoms with van der Waals surface area (Å²) in [6, 6.07) is 5.22. The Bertz CT molecular complexity index is 650. The van der Waals surface area contributed by atoms with Crippen LogP contribution in [0.3, 0.4) is 0 Å². The van der Waals surface area contributed by atoms with Crippen LogP contribution in [0.2, 0.25) is 5.02 Å². The van der Waals surface area contributed by atoms with E-state index in [0.717, 1.165) is 11.6 Å². The highest BCUT2D eigenvalue weighted by atomic mass is 35.5. The molecule has 0 aliphatic carbocycles. The number of halogens is 1. The van der Waals surface area contributed by atoms with Gasteiger partial charge in [0.1, 0.15) is 6.61 Å². The third-order valence-electron chi connectivity index (χ3n) is 2.64. The molecule has 0 saturated carbocycles. The lowest BCUT2D eigenvalue weighted by molar-refractivity contribution is -0.131. The molecule has 0 aliphatic rings. The van der Waals surface area contributed by atoms with Crippen LogP contribution in [0.4, 0.5) is 0 Å². The van der Waals surface area contributed by atoms with Gasteiger partial charge in [0, 0.05) is 22.7 Å². The zero-order valence-electron chi connectivity index (χ0n) is 11.2. The van der Waals surface area contributed by atoms with Crippen molar-refractivity contribution in [1.82, 2.24) is 0 Å². The molecule has 6 heteroatoms. The van der Waals surface area contributed by atoms with Crippen molar-refractivity contribution in [2.45, 2.75) is 6.61 Å². The molecule has 1 N–H and O–H groups in total. The van der Waals surface area contributed by atoms with Crippen LogP contribution < -0.4 is 9.47 Å². The monoisotopic (exact) mass is 324 g/mol. The zero-order chi connectivity index (χ0) is 15.2. The van der Waals surface area contributed by atoms with Crippen molar-refractivity contribution < 1.29 is 19.4 Å². The number of carbonyl (C=O) groups is 1. The van der Waals surface area contributed by atoms with Crippen LogP contribution in [0.25, 0.3) is 6.08 Å². The lowest BCUT2D eigenvalue weighted by Crippen LogP contribution is -1.99. The second-order valence-electron chi connectivity index (χ2n) is 4.12. The highest BCUT2D eigenvalue weighted by Crippen LogP contribution is 2.36. The minimum Gasteiger partial charge on any atom is -0.493 e. The molecule has 0 saturated heterocycles. The third kappa shape index (κ3) is 4.24. The van der Waals surface area contributed by atoms with Gasteiger partial charge in [-0.2, -0.15) is 11.3 Å². The van der Waals surface area contributed by atoms with E-state index in [1.165, 1.54) is 13.2 Å². The van der Waals surface area contributed by atoms with E-state index < -0.39 is 5.97 Å². The maximum atomic E-state index is 10.7. The summed E-state index contributed by atoms with van der Waals surface area (Å²) in [7, 11) is 1.51. The van der Waals surface area contributed by atoms with Gasteiger partial charge in [-0.3, -0.25) is 0 Å². The predicted molar refractivity (Wildman–Crippen MR) is 83.3 cm³/mol. The van der Waals surface area contributed by atoms with Crippen LogP contribution in [0, 0.1) is 0 Å². The van der Waals surface area contributed by atoms with Crippen LogP contribution in [-0.4, -0.2) is 18.2 Å². The van der Waals surface area contributed by atoms with Crippen molar-refractivity contribution in [3.8, 4) is 11.5 Å². The van der Waals surface area contributed by atoms with Gasteiger partial charge in [0.15, 0.2) is 11.5 Å². The predicted octanol–water partition coefficient (Wildman–Crippen LogP) is 4.09. The molecule has 0 amide bonds. The Morgan fingerprint density at radius 2 is 2.29 bits per heavy atom. The molecule has 0 unspecified atom stereocenters. The Labute approximate surface area is 131 Å². The van der Waals surface area contributed by atoms with E-state index in [9.17, 15) is 4.79 Å². The minimum absolute atomic E-state index is 0.370. The molecule has 1 aromatic heterocycles. The molecule has 2 rings (SSSR count). The minimum atomic E-state index is -1.04. The number of ether oxygens (including phenoxy) is 2. The summed E-state index contributed by atoms with van der Waals surface area (Å²) in [5, 5.41) is 13.1. The molecule has 0 atom stereocenters. The Morgan fingerprint density at radius 1 is 1.48 bits per heavy atom. The summed E-state index contributed by atoms with van der Waals surface area (Å²) in [6.45, 7) is 0.370. The van der Waals surface area contributed by atoms with Gasteiger partial charge in [-0.25, -0.2) is 4.79 Å². The topological polar surface area (TPSA) is 55.8 Å². The molecule has 4 nitrogen and oxygen atoms in total. The molecule has 0 spiro atoms. The highest BCUT2D eigenvalue weighted by molar-refractivity contribution is 7.07. The first-order chi connectivity index (χ1) is 10.1. The standard InChI is InChI=1S/C15H13ClO4S/c1-19-13-7-12(16)6-11(2-3-14(17)18)15(13)20-8-10-4-5-21-9-10/h2-7,9H,8H2,1H3,(H,17,18)/b3-2+. The Balaban J connectivity index is 2.32. The summed E-state index contributed by atoms with van der Waals surface area (Å²) in [5.41, 5.74) is 1.59. The number of aliphatic carboxylic acids is 1. The SMILES string of the molecule is COc1cc(Cl)cc(/C=C/C(=O)O)c1OCc1ccsc1. The van der Waals surface area contributed by atoms with Crippen molar-refractivity contribution in [3.63, 3.8) is 0 Å². The largest absolute Gasteiger partial charge is 0.493 e. The number of carboxylic acid groups (broad SMARTS) is 1. The molecule has 110 valence electrons. The fraction of sp³-hybridized carbons (Fsp3) is 0.133. The smallest absolute Gasteiger partial charge is 0.328 e. The van der Waals surface area contributed by atoms with E-state index in [1.54, 1.807) is 23.5 Å². The van der Waals surface area contributed by atoms with Crippen LogP contribution >= 0.6 is 22.9 Å². The quantitative estimate of drug-likeness (QED) is 0.813. The number of hydrogen-bond acceptors (Lipinski definition) is 4.